The molecule has 0 bridgehead atoms. The first-order valence-corrected chi connectivity index (χ1v) is 0.612. The first-order chi connectivity index (χ1) is 1.73. The van der Waals surface area contributed by atoms with Gasteiger partial charge in [-0.05, 0) is 6.16 Å². The second kappa shape index (κ2) is 15.8. The fraction of sp³-hybridized carbons (Fsp3) is 0. The molecule has 0 rings (SSSR count). The summed E-state index contributed by atoms with van der Waals surface area (Å²) in [5.74, 6) is 0. The van der Waals surface area contributed by atoms with Crippen LogP contribution in [0.15, 0.2) is 0 Å². The van der Waals surface area contributed by atoms with Crippen molar-refractivity contribution in [3.63, 3.8) is 0 Å². The Morgan fingerprint density at radius 2 is 1.29 bits per heavy atom. The zero-order valence-corrected chi connectivity index (χ0v) is 6.87. The molecular weight excluding hydrogens is 227 g/mol. The summed E-state index contributed by atoms with van der Waals surface area (Å²) < 4.78 is 0. The van der Waals surface area contributed by atoms with E-state index in [1.807, 2.05) is 0 Å². The van der Waals surface area contributed by atoms with Crippen molar-refractivity contribution >= 4 is 103 Å². The van der Waals surface area contributed by atoms with Gasteiger partial charge in [0.1, 0.15) is 0 Å². The van der Waals surface area contributed by atoms with Gasteiger partial charge in [0.15, 0.2) is 0 Å². The average Bonchev–Trinajstić information content (AvgIpc) is 0.811. The van der Waals surface area contributed by atoms with Gasteiger partial charge in [-0.3, -0.25) is 0 Å². The molecule has 28 valence electrons. The molecule has 0 heterocycles. The minimum atomic E-state index is -2.33. The van der Waals surface area contributed by atoms with E-state index in [9.17, 15) is 0 Å². The maximum atomic E-state index is 8.33. The van der Waals surface area contributed by atoms with Crippen LogP contribution in [0.25, 0.3) is 0 Å². The Balaban J connectivity index is -0.0000000150. The number of rotatable bonds is 0. The third-order valence-corrected chi connectivity index (χ3v) is 0. The van der Waals surface area contributed by atoms with Crippen molar-refractivity contribution < 1.29 is 15.0 Å². The third-order valence-electron chi connectivity index (χ3n) is 0. The SMILES string of the molecule is O=C([O-])[O-].[Ba+2].[LiH].[NaH]. The van der Waals surface area contributed by atoms with E-state index >= 15 is 0 Å². The number of carboxylic acid groups (broad SMARTS) is 2. The number of hydrogen-bond donors (Lipinski definition) is 0. The molecule has 0 unspecified atom stereocenters. The first kappa shape index (κ1) is 22.7. The van der Waals surface area contributed by atoms with E-state index in [2.05, 4.69) is 0 Å². The molecule has 0 spiro atoms. The third kappa shape index (κ3) is 58.8. The van der Waals surface area contributed by atoms with Crippen molar-refractivity contribution in [3.8, 4) is 0 Å². The zero-order chi connectivity index (χ0) is 3.58. The standard InChI is InChI=1S/CH2O3.Ba.Li.Na.2H/c2-1(3)4;;;;;/h(H2,2,3,4);;;;;/q;+2;;;;/p-2. The van der Waals surface area contributed by atoms with Gasteiger partial charge in [0, 0.05) is 0 Å². The zero-order valence-electron chi connectivity index (χ0n) is 2.43. The predicted molar refractivity (Wildman–Crippen MR) is 25.4 cm³/mol. The number of carbonyl (C=O) groups is 1. The van der Waals surface area contributed by atoms with Gasteiger partial charge < -0.3 is 15.0 Å². The van der Waals surface area contributed by atoms with E-state index in [0.29, 0.717) is 0 Å². The molecule has 6 heteroatoms. The first-order valence-electron chi connectivity index (χ1n) is 0.612. The molecule has 3 nitrogen and oxygen atoms in total. The monoisotopic (exact) mass is 230 g/mol. The normalized spacial score (nSPS) is 3.43. The Morgan fingerprint density at radius 3 is 1.29 bits per heavy atom. The van der Waals surface area contributed by atoms with E-state index in [0.717, 1.165) is 0 Å². The van der Waals surface area contributed by atoms with Crippen molar-refractivity contribution in [2.75, 3.05) is 0 Å². The van der Waals surface area contributed by atoms with Crippen molar-refractivity contribution in [1.29, 1.82) is 0 Å². The van der Waals surface area contributed by atoms with Gasteiger partial charge in [0.2, 0.25) is 0 Å². The van der Waals surface area contributed by atoms with Gasteiger partial charge >= 0.3 is 97.3 Å². The van der Waals surface area contributed by atoms with Gasteiger partial charge in [0.05, 0.1) is 0 Å². The topological polar surface area (TPSA) is 63.2 Å². The fourth-order valence-electron chi connectivity index (χ4n) is 0. The summed E-state index contributed by atoms with van der Waals surface area (Å²) in [5.41, 5.74) is 0. The second-order valence-electron chi connectivity index (χ2n) is 0.250. The molecule has 0 aliphatic rings. The molecular formula is CH2BaLiNaO3. The summed E-state index contributed by atoms with van der Waals surface area (Å²) in [6.07, 6.45) is -2.33. The maximum absolute atomic E-state index is 8.33. The van der Waals surface area contributed by atoms with Crippen LogP contribution in [0, 0.1) is 0 Å². The Kier molecular flexibility index (Phi) is 51.2. The van der Waals surface area contributed by atoms with Crippen LogP contribution < -0.4 is 10.2 Å². The number of carbonyl (C=O) groups excluding carboxylic acids is 1. The molecule has 0 aliphatic carbocycles. The molecule has 0 aromatic heterocycles. The molecule has 0 aromatic carbocycles. The van der Waals surface area contributed by atoms with Gasteiger partial charge in [0.25, 0.3) is 0 Å². The van der Waals surface area contributed by atoms with E-state index in [1.54, 1.807) is 0 Å². The summed E-state index contributed by atoms with van der Waals surface area (Å²) in [7, 11) is 0. The Hall–Kier alpha value is 2.44. The Labute approximate surface area is 116 Å². The van der Waals surface area contributed by atoms with E-state index in [4.69, 9.17) is 15.0 Å². The summed E-state index contributed by atoms with van der Waals surface area (Å²) >= 11 is 0. The van der Waals surface area contributed by atoms with Crippen LogP contribution in [-0.4, -0.2) is 103 Å². The summed E-state index contributed by atoms with van der Waals surface area (Å²) in [4.78, 5) is 8.33. The van der Waals surface area contributed by atoms with Crippen molar-refractivity contribution in [3.05, 3.63) is 0 Å². The molecule has 0 aromatic rings. The summed E-state index contributed by atoms with van der Waals surface area (Å²) in [5, 5.41) is 16.7. The Morgan fingerprint density at radius 1 is 1.29 bits per heavy atom. The van der Waals surface area contributed by atoms with Crippen LogP contribution in [0.2, 0.25) is 0 Å². The molecule has 0 amide bonds. The van der Waals surface area contributed by atoms with Gasteiger partial charge in [-0.1, -0.05) is 0 Å². The average molecular weight is 229 g/mol. The molecule has 0 atom stereocenters. The minimum absolute atomic E-state index is 0. The Bertz CT molecular complexity index is 37.9. The molecule has 0 aliphatic heterocycles. The van der Waals surface area contributed by atoms with Crippen LogP contribution >= 0.6 is 0 Å². The predicted octanol–water partition coefficient (Wildman–Crippen LogP) is -4.12. The molecule has 7 heavy (non-hydrogen) atoms. The van der Waals surface area contributed by atoms with Crippen molar-refractivity contribution in [2.24, 2.45) is 0 Å². The molecule has 0 saturated heterocycles. The molecule has 0 fully saturated rings. The van der Waals surface area contributed by atoms with E-state index < -0.39 is 6.16 Å². The van der Waals surface area contributed by atoms with Crippen LogP contribution in [0.4, 0.5) is 4.79 Å². The van der Waals surface area contributed by atoms with Crippen molar-refractivity contribution in [2.45, 2.75) is 0 Å². The quantitative estimate of drug-likeness (QED) is 0.396. The number of hydrogen-bond acceptors (Lipinski definition) is 3. The van der Waals surface area contributed by atoms with Gasteiger partial charge in [-0.25, -0.2) is 0 Å². The van der Waals surface area contributed by atoms with Gasteiger partial charge in [-0.2, -0.15) is 0 Å². The van der Waals surface area contributed by atoms with Crippen LogP contribution in [0.5, 0.6) is 0 Å². The van der Waals surface area contributed by atoms with Gasteiger partial charge in [-0.15, -0.1) is 0 Å². The second-order valence-corrected chi connectivity index (χ2v) is 0.250. The summed E-state index contributed by atoms with van der Waals surface area (Å²) in [6.45, 7) is 0. The molecule has 0 saturated carbocycles. The molecule has 0 radical (unpaired) electrons. The van der Waals surface area contributed by atoms with Crippen LogP contribution in [0.3, 0.4) is 0 Å². The summed E-state index contributed by atoms with van der Waals surface area (Å²) in [6, 6.07) is 0. The molecule has 0 N–H and O–H groups in total. The van der Waals surface area contributed by atoms with Crippen LogP contribution in [-0.2, 0) is 0 Å². The van der Waals surface area contributed by atoms with Crippen molar-refractivity contribution in [1.82, 2.24) is 0 Å². The fourth-order valence-corrected chi connectivity index (χ4v) is 0. The van der Waals surface area contributed by atoms with E-state index in [1.165, 1.54) is 0 Å². The van der Waals surface area contributed by atoms with Crippen LogP contribution in [0.1, 0.15) is 0 Å². The van der Waals surface area contributed by atoms with E-state index in [-0.39, 0.29) is 97.3 Å².